The molecule has 2 rings (SSSR count). The summed E-state index contributed by atoms with van der Waals surface area (Å²) < 4.78 is 5.80. The van der Waals surface area contributed by atoms with Crippen LogP contribution in [0.5, 0.6) is 0 Å². The van der Waals surface area contributed by atoms with Crippen molar-refractivity contribution in [1.82, 2.24) is 4.90 Å². The molecule has 1 aromatic heterocycles. The number of hydrogen-bond donors (Lipinski definition) is 2. The largest absolute Gasteiger partial charge is 0.480 e. The highest BCUT2D eigenvalue weighted by molar-refractivity contribution is 9.10. The summed E-state index contributed by atoms with van der Waals surface area (Å²) in [6, 6.07) is 1.87. The number of furan rings is 1. The number of hydrogen-bond acceptors (Lipinski definition) is 6. The summed E-state index contributed by atoms with van der Waals surface area (Å²) in [5.41, 5.74) is 5.03. The molecule has 0 bridgehead atoms. The van der Waals surface area contributed by atoms with Crippen molar-refractivity contribution in [3.05, 3.63) is 27.5 Å². The number of halogens is 1. The summed E-state index contributed by atoms with van der Waals surface area (Å²) >= 11 is 9.11. The van der Waals surface area contributed by atoms with E-state index in [1.807, 2.05) is 0 Å². The van der Waals surface area contributed by atoms with Crippen LogP contribution < -0.4 is 5.73 Å². The van der Waals surface area contributed by atoms with Gasteiger partial charge in [-0.1, -0.05) is 24.0 Å². The van der Waals surface area contributed by atoms with E-state index >= 15 is 0 Å². The van der Waals surface area contributed by atoms with Crippen molar-refractivity contribution in [2.24, 2.45) is 5.73 Å². The van der Waals surface area contributed by atoms with E-state index in [0.717, 1.165) is 16.7 Å². The van der Waals surface area contributed by atoms with Crippen molar-refractivity contribution in [2.75, 3.05) is 0 Å². The zero-order valence-electron chi connectivity index (χ0n) is 10.8. The lowest BCUT2D eigenvalue weighted by Crippen LogP contribution is -2.46. The monoisotopic (exact) mass is 404 g/mol. The zero-order chi connectivity index (χ0) is 16.4. The lowest BCUT2D eigenvalue weighted by atomic mass is 10.1. The minimum Gasteiger partial charge on any atom is -0.480 e. The Balaban J connectivity index is 2.29. The molecule has 7 nitrogen and oxygen atoms in total. The topological polar surface area (TPSA) is 114 Å². The molecule has 3 N–H and O–H groups in total. The number of nitrogens with zero attached hydrogens (tertiary/aromatic N) is 1. The Kier molecular flexibility index (Phi) is 5.04. The third-order valence-electron chi connectivity index (χ3n) is 2.68. The second kappa shape index (κ2) is 6.63. The lowest BCUT2D eigenvalue weighted by molar-refractivity contribution is -0.146. The fourth-order valence-electron chi connectivity index (χ4n) is 1.76. The van der Waals surface area contributed by atoms with Gasteiger partial charge < -0.3 is 15.3 Å². The number of carbonyl (C=O) groups excluding carboxylic acids is 2. The second-order valence-electron chi connectivity index (χ2n) is 4.22. The van der Waals surface area contributed by atoms with Crippen molar-refractivity contribution in [2.45, 2.75) is 12.5 Å². The molecule has 2 heterocycles. The third kappa shape index (κ3) is 3.57. The molecule has 0 saturated carbocycles. The Morgan fingerprint density at radius 2 is 2.23 bits per heavy atom. The first-order chi connectivity index (χ1) is 10.3. The number of aliphatic carboxylic acids is 1. The van der Waals surface area contributed by atoms with E-state index in [0.29, 0.717) is 10.4 Å². The molecule has 1 saturated heterocycles. The minimum absolute atomic E-state index is 0.0514. The standard InChI is InChI=1S/C12H9BrN2O5S2/c13-8-2-1-5(20-8)3-7-10(17)15(12(21)22-7)6(11(18)19)4-9(14)16/h1-3,6H,4H2,(H2,14,16)(H,18,19)/b7-3+. The van der Waals surface area contributed by atoms with Crippen LogP contribution in [-0.4, -0.2) is 38.2 Å². The Hall–Kier alpha value is -1.65. The van der Waals surface area contributed by atoms with Crippen molar-refractivity contribution >= 4 is 68.1 Å². The van der Waals surface area contributed by atoms with Crippen LogP contribution in [0.25, 0.3) is 6.08 Å². The number of carboxylic acid groups (broad SMARTS) is 1. The lowest BCUT2D eigenvalue weighted by Gasteiger charge is -2.21. The summed E-state index contributed by atoms with van der Waals surface area (Å²) in [7, 11) is 0. The van der Waals surface area contributed by atoms with E-state index in [1.54, 1.807) is 12.1 Å². The van der Waals surface area contributed by atoms with Crippen LogP contribution in [0.15, 0.2) is 26.1 Å². The second-order valence-corrected chi connectivity index (χ2v) is 6.68. The van der Waals surface area contributed by atoms with Crippen molar-refractivity contribution in [3.63, 3.8) is 0 Å². The molecular formula is C12H9BrN2O5S2. The molecule has 1 aliphatic rings. The predicted octanol–water partition coefficient (Wildman–Crippen LogP) is 1.57. The van der Waals surface area contributed by atoms with E-state index in [4.69, 9.17) is 22.4 Å². The molecule has 0 spiro atoms. The maximum absolute atomic E-state index is 12.3. The first-order valence-corrected chi connectivity index (χ1v) is 7.85. The summed E-state index contributed by atoms with van der Waals surface area (Å²) in [5.74, 6) is -2.37. The zero-order valence-corrected chi connectivity index (χ0v) is 14.0. The smallest absolute Gasteiger partial charge is 0.327 e. The number of primary amides is 1. The van der Waals surface area contributed by atoms with Gasteiger partial charge in [-0.05, 0) is 28.1 Å². The average Bonchev–Trinajstić information content (AvgIpc) is 2.92. The van der Waals surface area contributed by atoms with Gasteiger partial charge in [0, 0.05) is 6.08 Å². The molecule has 1 fully saturated rings. The van der Waals surface area contributed by atoms with Crippen LogP contribution in [0.2, 0.25) is 0 Å². The van der Waals surface area contributed by atoms with Gasteiger partial charge in [-0.2, -0.15) is 0 Å². The SMILES string of the molecule is NC(=O)CC(C(=O)O)N1C(=O)/C(=C\c2ccc(Br)o2)SC1=S. The number of amides is 2. The van der Waals surface area contributed by atoms with Crippen molar-refractivity contribution in [3.8, 4) is 0 Å². The Morgan fingerprint density at radius 3 is 2.73 bits per heavy atom. The fourth-order valence-corrected chi connectivity index (χ4v) is 3.42. The van der Waals surface area contributed by atoms with Gasteiger partial charge in [-0.15, -0.1) is 0 Å². The van der Waals surface area contributed by atoms with Gasteiger partial charge in [-0.3, -0.25) is 14.5 Å². The van der Waals surface area contributed by atoms with E-state index in [9.17, 15) is 19.5 Å². The summed E-state index contributed by atoms with van der Waals surface area (Å²) in [5, 5.41) is 9.18. The maximum Gasteiger partial charge on any atom is 0.327 e. The Labute approximate surface area is 142 Å². The average molecular weight is 405 g/mol. The van der Waals surface area contributed by atoms with E-state index in [-0.39, 0.29) is 9.23 Å². The van der Waals surface area contributed by atoms with E-state index in [1.165, 1.54) is 6.08 Å². The van der Waals surface area contributed by atoms with Gasteiger partial charge in [0.1, 0.15) is 16.1 Å². The highest BCUT2D eigenvalue weighted by Crippen LogP contribution is 2.35. The summed E-state index contributed by atoms with van der Waals surface area (Å²) in [6.07, 6.45) is 0.939. The van der Waals surface area contributed by atoms with Crippen molar-refractivity contribution < 1.29 is 23.9 Å². The van der Waals surface area contributed by atoms with E-state index < -0.39 is 30.2 Å². The molecule has 1 atom stereocenters. The van der Waals surface area contributed by atoms with Crippen molar-refractivity contribution in [1.29, 1.82) is 0 Å². The summed E-state index contributed by atoms with van der Waals surface area (Å²) in [6.45, 7) is 0. The predicted molar refractivity (Wildman–Crippen MR) is 86.7 cm³/mol. The molecule has 0 aliphatic carbocycles. The number of thiocarbonyl (C=S) groups is 1. The number of rotatable bonds is 5. The van der Waals surface area contributed by atoms with Crippen LogP contribution in [0.4, 0.5) is 0 Å². The fraction of sp³-hybridized carbons (Fsp3) is 0.167. The highest BCUT2D eigenvalue weighted by atomic mass is 79.9. The molecule has 0 aromatic carbocycles. The first-order valence-electron chi connectivity index (χ1n) is 5.83. The number of carbonyl (C=O) groups is 3. The molecule has 1 aromatic rings. The van der Waals surface area contributed by atoms with Gasteiger partial charge in [-0.25, -0.2) is 4.79 Å². The molecule has 10 heteroatoms. The van der Waals surface area contributed by atoms with E-state index in [2.05, 4.69) is 15.9 Å². The minimum atomic E-state index is -1.42. The molecule has 1 unspecified atom stereocenters. The quantitative estimate of drug-likeness (QED) is 0.565. The highest BCUT2D eigenvalue weighted by Gasteiger charge is 2.41. The van der Waals surface area contributed by atoms with Crippen LogP contribution in [0, 0.1) is 0 Å². The number of nitrogens with two attached hydrogens (primary N) is 1. The van der Waals surface area contributed by atoms with Crippen LogP contribution in [0.1, 0.15) is 12.2 Å². The van der Waals surface area contributed by atoms with Gasteiger partial charge in [0.25, 0.3) is 5.91 Å². The number of thioether (sulfide) groups is 1. The maximum atomic E-state index is 12.3. The first kappa shape index (κ1) is 16.7. The molecule has 0 radical (unpaired) electrons. The molecule has 1 aliphatic heterocycles. The van der Waals surface area contributed by atoms with Crippen LogP contribution >= 0.6 is 39.9 Å². The van der Waals surface area contributed by atoms with Gasteiger partial charge in [0.2, 0.25) is 5.91 Å². The Morgan fingerprint density at radius 1 is 1.55 bits per heavy atom. The number of carboxylic acids is 1. The molecule has 116 valence electrons. The summed E-state index contributed by atoms with van der Waals surface area (Å²) in [4.78, 5) is 35.7. The van der Waals surface area contributed by atoms with Crippen LogP contribution in [-0.2, 0) is 14.4 Å². The third-order valence-corrected chi connectivity index (χ3v) is 4.44. The van der Waals surface area contributed by atoms with Gasteiger partial charge in [0.05, 0.1) is 11.3 Å². The molecular weight excluding hydrogens is 396 g/mol. The molecule has 2 amide bonds. The Bertz CT molecular complexity index is 699. The van der Waals surface area contributed by atoms with Gasteiger partial charge in [0.15, 0.2) is 4.67 Å². The molecule has 22 heavy (non-hydrogen) atoms. The normalized spacial score (nSPS) is 18.0. The van der Waals surface area contributed by atoms with Crippen LogP contribution in [0.3, 0.4) is 0 Å². The van der Waals surface area contributed by atoms with Gasteiger partial charge >= 0.3 is 5.97 Å².